The molecule has 0 unspecified atom stereocenters. The quantitative estimate of drug-likeness (QED) is 0.249. The van der Waals surface area contributed by atoms with Crippen molar-refractivity contribution in [3.8, 4) is 11.5 Å². The minimum Gasteiger partial charge on any atom is -0.504 e. The zero-order valence-electron chi connectivity index (χ0n) is 17.3. The topological polar surface area (TPSA) is 72.0 Å². The summed E-state index contributed by atoms with van der Waals surface area (Å²) in [5, 5.41) is 9.65. The summed E-state index contributed by atoms with van der Waals surface area (Å²) >= 11 is 0. The summed E-state index contributed by atoms with van der Waals surface area (Å²) in [4.78, 5) is 16.4. The van der Waals surface area contributed by atoms with Gasteiger partial charge in [0.15, 0.2) is 23.9 Å². The summed E-state index contributed by atoms with van der Waals surface area (Å²) in [6.45, 7) is 2.84. The number of phenols is 1. The highest BCUT2D eigenvalue weighted by Crippen LogP contribution is 2.25. The number of ether oxygens (including phenoxy) is 2. The number of aromatic nitrogens is 1. The van der Waals surface area contributed by atoms with Gasteiger partial charge in [-0.1, -0.05) is 39.0 Å². The standard InChI is InChI=1S/C23H30N2O4/c1-3-4-5-6-7-8-14-29-23(27)18-25-13-9-10-20(17-25)24-16-19-11-12-21(26)22(15-19)28-2/h9-13,15-17H,3-8,14,18H2,1-2H3/p+1. The van der Waals surface area contributed by atoms with E-state index in [2.05, 4.69) is 11.9 Å². The van der Waals surface area contributed by atoms with Gasteiger partial charge in [-0.2, -0.15) is 4.57 Å². The summed E-state index contributed by atoms with van der Waals surface area (Å²) in [6, 6.07) is 8.70. The molecular weight excluding hydrogens is 368 g/mol. The van der Waals surface area contributed by atoms with Crippen LogP contribution in [0.4, 0.5) is 5.69 Å². The highest BCUT2D eigenvalue weighted by atomic mass is 16.5. The third-order valence-electron chi connectivity index (χ3n) is 4.48. The lowest BCUT2D eigenvalue weighted by atomic mass is 10.1. The van der Waals surface area contributed by atoms with Gasteiger partial charge < -0.3 is 14.6 Å². The van der Waals surface area contributed by atoms with Crippen molar-refractivity contribution in [3.05, 3.63) is 48.3 Å². The van der Waals surface area contributed by atoms with Crippen LogP contribution in [0.3, 0.4) is 0 Å². The van der Waals surface area contributed by atoms with Crippen molar-refractivity contribution < 1.29 is 23.9 Å². The van der Waals surface area contributed by atoms with Crippen LogP contribution in [-0.2, 0) is 16.1 Å². The average molecular weight is 400 g/mol. The zero-order valence-corrected chi connectivity index (χ0v) is 17.3. The average Bonchev–Trinajstić information content (AvgIpc) is 2.73. The summed E-state index contributed by atoms with van der Waals surface area (Å²) < 4.78 is 12.2. The molecule has 0 fully saturated rings. The minimum absolute atomic E-state index is 0.0849. The SMILES string of the molecule is CCCCCCCCOC(=O)C[n+]1cccc(N=Cc2ccc(O)c(OC)c2)c1. The van der Waals surface area contributed by atoms with Crippen LogP contribution in [0.25, 0.3) is 0 Å². The normalized spacial score (nSPS) is 11.0. The van der Waals surface area contributed by atoms with Crippen molar-refractivity contribution in [2.75, 3.05) is 13.7 Å². The number of aliphatic imine (C=N–C) groups is 1. The maximum atomic E-state index is 12.0. The number of nitrogens with zero attached hydrogens (tertiary/aromatic N) is 2. The number of carbonyl (C=O) groups excluding carboxylic acids is 1. The molecule has 6 nitrogen and oxygen atoms in total. The van der Waals surface area contributed by atoms with E-state index < -0.39 is 0 Å². The predicted octanol–water partition coefficient (Wildman–Crippen LogP) is 4.34. The largest absolute Gasteiger partial charge is 0.504 e. The monoisotopic (exact) mass is 399 g/mol. The number of hydrogen-bond acceptors (Lipinski definition) is 5. The molecular formula is C23H31N2O4+. The number of unbranched alkanes of at least 4 members (excludes halogenated alkanes) is 5. The Hall–Kier alpha value is -2.89. The van der Waals surface area contributed by atoms with Crippen LogP contribution in [-0.4, -0.2) is 31.0 Å². The second kappa shape index (κ2) is 12.5. The summed E-state index contributed by atoms with van der Waals surface area (Å²) in [7, 11) is 1.50. The van der Waals surface area contributed by atoms with Gasteiger partial charge in [-0.3, -0.25) is 0 Å². The van der Waals surface area contributed by atoms with E-state index in [0.717, 1.165) is 18.4 Å². The van der Waals surface area contributed by atoms with E-state index in [1.807, 2.05) is 18.3 Å². The number of aromatic hydroxyl groups is 1. The molecule has 6 heteroatoms. The molecule has 0 aliphatic carbocycles. The third-order valence-corrected chi connectivity index (χ3v) is 4.48. The van der Waals surface area contributed by atoms with Gasteiger partial charge in [-0.05, 0) is 36.2 Å². The number of phenolic OH excluding ortho intramolecular Hbond substituents is 1. The lowest BCUT2D eigenvalue weighted by Crippen LogP contribution is -2.37. The second-order valence-corrected chi connectivity index (χ2v) is 6.91. The first-order valence-electron chi connectivity index (χ1n) is 10.2. The van der Waals surface area contributed by atoms with Crippen molar-refractivity contribution in [1.29, 1.82) is 0 Å². The van der Waals surface area contributed by atoms with E-state index in [1.54, 1.807) is 35.2 Å². The number of methoxy groups -OCH3 is 1. The van der Waals surface area contributed by atoms with E-state index >= 15 is 0 Å². The molecule has 2 aromatic rings. The van der Waals surface area contributed by atoms with Gasteiger partial charge in [0.25, 0.3) is 0 Å². The molecule has 0 aliphatic heterocycles. The first-order chi connectivity index (χ1) is 14.1. The van der Waals surface area contributed by atoms with Crippen LogP contribution in [0.2, 0.25) is 0 Å². The van der Waals surface area contributed by atoms with E-state index in [9.17, 15) is 9.90 Å². The molecule has 2 rings (SSSR count). The number of rotatable bonds is 12. The summed E-state index contributed by atoms with van der Waals surface area (Å²) in [5.41, 5.74) is 1.51. The van der Waals surface area contributed by atoms with Crippen LogP contribution in [0.5, 0.6) is 11.5 Å². The van der Waals surface area contributed by atoms with Crippen molar-refractivity contribution in [3.63, 3.8) is 0 Å². The molecule has 29 heavy (non-hydrogen) atoms. The maximum absolute atomic E-state index is 12.0. The van der Waals surface area contributed by atoms with E-state index in [0.29, 0.717) is 18.0 Å². The van der Waals surface area contributed by atoms with E-state index in [1.165, 1.54) is 32.8 Å². The zero-order chi connectivity index (χ0) is 20.9. The first-order valence-corrected chi connectivity index (χ1v) is 10.2. The Kier molecular flexibility index (Phi) is 9.69. The van der Waals surface area contributed by atoms with Gasteiger partial charge in [-0.15, -0.1) is 0 Å². The number of carbonyl (C=O) groups is 1. The molecule has 1 aromatic carbocycles. The van der Waals surface area contributed by atoms with Gasteiger partial charge in [0.05, 0.1) is 13.7 Å². The van der Waals surface area contributed by atoms with Gasteiger partial charge in [0, 0.05) is 12.3 Å². The fraction of sp³-hybridized carbons (Fsp3) is 0.435. The molecule has 1 heterocycles. The fourth-order valence-electron chi connectivity index (χ4n) is 2.87. The van der Waals surface area contributed by atoms with Crippen LogP contribution in [0.15, 0.2) is 47.7 Å². The molecule has 0 atom stereocenters. The maximum Gasteiger partial charge on any atom is 0.372 e. The third kappa shape index (κ3) is 8.34. The lowest BCUT2D eigenvalue weighted by molar-refractivity contribution is -0.685. The molecule has 0 bridgehead atoms. The highest BCUT2D eigenvalue weighted by Gasteiger charge is 2.11. The Morgan fingerprint density at radius 2 is 1.97 bits per heavy atom. The number of pyridine rings is 1. The van der Waals surface area contributed by atoms with Crippen molar-refractivity contribution in [2.24, 2.45) is 4.99 Å². The van der Waals surface area contributed by atoms with Gasteiger partial charge in [-0.25, -0.2) is 9.79 Å². The van der Waals surface area contributed by atoms with Crippen LogP contribution in [0.1, 0.15) is 51.0 Å². The van der Waals surface area contributed by atoms with Crippen LogP contribution < -0.4 is 9.30 Å². The Morgan fingerprint density at radius 3 is 2.76 bits per heavy atom. The van der Waals surface area contributed by atoms with Crippen molar-refractivity contribution in [2.45, 2.75) is 52.0 Å². The Balaban J connectivity index is 1.82. The molecule has 0 radical (unpaired) electrons. The number of hydrogen-bond donors (Lipinski definition) is 1. The number of benzene rings is 1. The molecule has 1 N–H and O–H groups in total. The van der Waals surface area contributed by atoms with E-state index in [4.69, 9.17) is 9.47 Å². The molecule has 0 saturated carbocycles. The smallest absolute Gasteiger partial charge is 0.372 e. The molecule has 0 saturated heterocycles. The molecule has 0 spiro atoms. The molecule has 156 valence electrons. The van der Waals surface area contributed by atoms with Gasteiger partial charge in [0.2, 0.25) is 6.54 Å². The second-order valence-electron chi connectivity index (χ2n) is 6.91. The molecule has 1 aromatic heterocycles. The molecule has 0 aliphatic rings. The van der Waals surface area contributed by atoms with Crippen LogP contribution in [0, 0.1) is 0 Å². The van der Waals surface area contributed by atoms with Gasteiger partial charge in [0.1, 0.15) is 5.69 Å². The van der Waals surface area contributed by atoms with Crippen molar-refractivity contribution in [1.82, 2.24) is 0 Å². The summed E-state index contributed by atoms with van der Waals surface area (Å²) in [6.07, 6.45) is 12.3. The predicted molar refractivity (Wildman–Crippen MR) is 113 cm³/mol. The lowest BCUT2D eigenvalue weighted by Gasteiger charge is -2.04. The number of esters is 1. The Morgan fingerprint density at radius 1 is 1.17 bits per heavy atom. The van der Waals surface area contributed by atoms with Crippen LogP contribution >= 0.6 is 0 Å². The molecule has 0 amide bonds. The first kappa shape index (κ1) is 22.4. The minimum atomic E-state index is -0.243. The fourth-order valence-corrected chi connectivity index (χ4v) is 2.87. The summed E-state index contributed by atoms with van der Waals surface area (Å²) in [5.74, 6) is 0.236. The Bertz CT molecular complexity index is 805. The highest BCUT2D eigenvalue weighted by molar-refractivity contribution is 5.82. The van der Waals surface area contributed by atoms with Gasteiger partial charge >= 0.3 is 5.97 Å². The Labute approximate surface area is 172 Å². The van der Waals surface area contributed by atoms with Crippen molar-refractivity contribution >= 4 is 17.9 Å². The van der Waals surface area contributed by atoms with E-state index in [-0.39, 0.29) is 18.3 Å².